The first kappa shape index (κ1) is 17.1. The molecule has 0 spiro atoms. The Kier molecular flexibility index (Phi) is 6.09. The van der Waals surface area contributed by atoms with E-state index in [4.69, 9.17) is 23.2 Å². The van der Waals surface area contributed by atoms with E-state index in [9.17, 15) is 9.59 Å². The summed E-state index contributed by atoms with van der Waals surface area (Å²) in [5, 5.41) is 6.57. The molecule has 1 aliphatic rings. The molecule has 0 saturated heterocycles. The minimum absolute atomic E-state index is 0.0274. The molecule has 120 valence electrons. The van der Waals surface area contributed by atoms with Gasteiger partial charge < -0.3 is 10.6 Å². The van der Waals surface area contributed by atoms with E-state index in [1.54, 1.807) is 18.2 Å². The molecule has 1 aromatic rings. The number of rotatable bonds is 7. The summed E-state index contributed by atoms with van der Waals surface area (Å²) in [5.74, 6) is -0.660. The molecule has 4 nitrogen and oxygen atoms in total. The summed E-state index contributed by atoms with van der Waals surface area (Å²) in [6, 6.07) is 4.86. The molecule has 2 N–H and O–H groups in total. The fourth-order valence-corrected chi connectivity index (χ4v) is 2.88. The maximum Gasteiger partial charge on any atom is 0.228 e. The molecule has 2 amide bonds. The molecule has 1 saturated carbocycles. The zero-order valence-corrected chi connectivity index (χ0v) is 14.0. The summed E-state index contributed by atoms with van der Waals surface area (Å²) < 4.78 is 0. The Balaban J connectivity index is 1.79. The van der Waals surface area contributed by atoms with Crippen molar-refractivity contribution in [3.05, 3.63) is 28.2 Å². The first-order valence-corrected chi connectivity index (χ1v) is 8.31. The lowest BCUT2D eigenvalue weighted by Crippen LogP contribution is -2.28. The minimum atomic E-state index is -0.260. The van der Waals surface area contributed by atoms with Crippen LogP contribution >= 0.6 is 23.2 Å². The average Bonchev–Trinajstić information content (AvgIpc) is 3.22. The number of amides is 2. The van der Waals surface area contributed by atoms with E-state index in [0.717, 1.165) is 19.3 Å². The molecule has 0 aromatic heterocycles. The molecule has 2 unspecified atom stereocenters. The number of nitrogens with one attached hydrogen (secondary N) is 2. The fraction of sp³-hybridized carbons (Fsp3) is 0.500. The van der Waals surface area contributed by atoms with Gasteiger partial charge >= 0.3 is 0 Å². The molecular weight excluding hydrogens is 323 g/mol. The Morgan fingerprint density at radius 3 is 2.36 bits per heavy atom. The second kappa shape index (κ2) is 7.84. The third-order valence-corrected chi connectivity index (χ3v) is 4.11. The van der Waals surface area contributed by atoms with Crippen LogP contribution in [0, 0.1) is 11.8 Å². The van der Waals surface area contributed by atoms with Crippen molar-refractivity contribution in [3.8, 4) is 0 Å². The predicted molar refractivity (Wildman–Crippen MR) is 89.2 cm³/mol. The maximum atomic E-state index is 12.1. The Bertz CT molecular complexity index is 543. The van der Waals surface area contributed by atoms with E-state index < -0.39 is 0 Å². The number of hydrogen-bond acceptors (Lipinski definition) is 2. The molecular formula is C16H20Cl2N2O2. The highest BCUT2D eigenvalue weighted by atomic mass is 35.5. The summed E-state index contributed by atoms with van der Waals surface area (Å²) in [6.45, 7) is 2.80. The quantitative estimate of drug-likeness (QED) is 0.739. The molecule has 1 aliphatic carbocycles. The van der Waals surface area contributed by atoms with Gasteiger partial charge in [0.1, 0.15) is 0 Å². The van der Waals surface area contributed by atoms with Gasteiger partial charge in [-0.3, -0.25) is 9.59 Å². The number of anilines is 1. The highest BCUT2D eigenvalue weighted by Crippen LogP contribution is 2.39. The van der Waals surface area contributed by atoms with Crippen molar-refractivity contribution in [2.24, 2.45) is 11.8 Å². The molecule has 0 bridgehead atoms. The van der Waals surface area contributed by atoms with Gasteiger partial charge in [-0.1, -0.05) is 43.0 Å². The maximum absolute atomic E-state index is 12.1. The van der Waals surface area contributed by atoms with Gasteiger partial charge in [0.05, 0.1) is 11.8 Å². The van der Waals surface area contributed by atoms with E-state index in [2.05, 4.69) is 17.6 Å². The standard InChI is InChI=1S/C16H20Cl2N2O2/c1-2-3-4-5-19-15(21)13-9-14(13)16(22)20-12-7-10(17)6-11(18)8-12/h6-8,13-14H,2-5,9H2,1H3,(H,19,21)(H,20,22). The molecule has 22 heavy (non-hydrogen) atoms. The van der Waals surface area contributed by atoms with Crippen molar-refractivity contribution in [3.63, 3.8) is 0 Å². The van der Waals surface area contributed by atoms with Crippen LogP contribution in [-0.4, -0.2) is 18.4 Å². The van der Waals surface area contributed by atoms with Gasteiger partial charge in [0.25, 0.3) is 0 Å². The topological polar surface area (TPSA) is 58.2 Å². The summed E-state index contributed by atoms with van der Waals surface area (Å²) >= 11 is 11.8. The van der Waals surface area contributed by atoms with Crippen LogP contribution in [0.5, 0.6) is 0 Å². The van der Waals surface area contributed by atoms with Crippen LogP contribution in [0.25, 0.3) is 0 Å². The van der Waals surface area contributed by atoms with Gasteiger partial charge in [0.15, 0.2) is 0 Å². The number of benzene rings is 1. The Hall–Kier alpha value is -1.26. The predicted octanol–water partition coefficient (Wildman–Crippen LogP) is 3.87. The normalized spacial score (nSPS) is 19.6. The van der Waals surface area contributed by atoms with Crippen molar-refractivity contribution >= 4 is 40.7 Å². The van der Waals surface area contributed by atoms with E-state index in [1.165, 1.54) is 0 Å². The van der Waals surface area contributed by atoms with Gasteiger partial charge in [-0.2, -0.15) is 0 Å². The first-order chi connectivity index (χ1) is 10.5. The molecule has 2 atom stereocenters. The third kappa shape index (κ3) is 4.89. The van der Waals surface area contributed by atoms with Crippen molar-refractivity contribution in [2.45, 2.75) is 32.6 Å². The minimum Gasteiger partial charge on any atom is -0.356 e. The largest absolute Gasteiger partial charge is 0.356 e. The number of unbranched alkanes of at least 4 members (excludes halogenated alkanes) is 2. The third-order valence-electron chi connectivity index (χ3n) is 3.67. The van der Waals surface area contributed by atoms with Gasteiger partial charge in [-0.05, 0) is 31.0 Å². The molecule has 0 aliphatic heterocycles. The van der Waals surface area contributed by atoms with Crippen LogP contribution in [0.15, 0.2) is 18.2 Å². The highest BCUT2D eigenvalue weighted by molar-refractivity contribution is 6.35. The van der Waals surface area contributed by atoms with Gasteiger partial charge in [0.2, 0.25) is 11.8 Å². The molecule has 0 radical (unpaired) electrons. The summed E-state index contributed by atoms with van der Waals surface area (Å²) in [5.41, 5.74) is 0.552. The van der Waals surface area contributed by atoms with Crippen LogP contribution < -0.4 is 10.6 Å². The molecule has 1 aromatic carbocycles. The monoisotopic (exact) mass is 342 g/mol. The van der Waals surface area contributed by atoms with Crippen LogP contribution in [-0.2, 0) is 9.59 Å². The van der Waals surface area contributed by atoms with Crippen LogP contribution in [0.2, 0.25) is 10.0 Å². The molecule has 2 rings (SSSR count). The lowest BCUT2D eigenvalue weighted by Gasteiger charge is -2.07. The van der Waals surface area contributed by atoms with Crippen LogP contribution in [0.4, 0.5) is 5.69 Å². The van der Waals surface area contributed by atoms with Crippen molar-refractivity contribution in [1.29, 1.82) is 0 Å². The Labute approximate surface area is 140 Å². The SMILES string of the molecule is CCCCCNC(=O)C1CC1C(=O)Nc1cc(Cl)cc(Cl)c1. The van der Waals surface area contributed by atoms with Crippen molar-refractivity contribution < 1.29 is 9.59 Å². The van der Waals surface area contributed by atoms with E-state index in [0.29, 0.717) is 28.7 Å². The number of carbonyl (C=O) groups excluding carboxylic acids is 2. The second-order valence-electron chi connectivity index (χ2n) is 5.59. The van der Waals surface area contributed by atoms with E-state index in [-0.39, 0.29) is 23.7 Å². The fourth-order valence-electron chi connectivity index (χ4n) is 2.35. The Morgan fingerprint density at radius 2 is 1.73 bits per heavy atom. The molecule has 6 heteroatoms. The number of carbonyl (C=O) groups is 2. The zero-order chi connectivity index (χ0) is 16.1. The summed E-state index contributed by atoms with van der Waals surface area (Å²) in [4.78, 5) is 24.0. The van der Waals surface area contributed by atoms with Crippen molar-refractivity contribution in [2.75, 3.05) is 11.9 Å². The summed E-state index contributed by atoms with van der Waals surface area (Å²) in [6.07, 6.45) is 3.80. The zero-order valence-electron chi connectivity index (χ0n) is 12.5. The first-order valence-electron chi connectivity index (χ1n) is 7.56. The Morgan fingerprint density at radius 1 is 1.09 bits per heavy atom. The van der Waals surface area contributed by atoms with Gasteiger partial charge in [-0.25, -0.2) is 0 Å². The van der Waals surface area contributed by atoms with E-state index in [1.807, 2.05) is 0 Å². The second-order valence-corrected chi connectivity index (χ2v) is 6.47. The van der Waals surface area contributed by atoms with Crippen LogP contribution in [0.1, 0.15) is 32.6 Å². The average molecular weight is 343 g/mol. The molecule has 0 heterocycles. The van der Waals surface area contributed by atoms with Gasteiger partial charge in [-0.15, -0.1) is 0 Å². The lowest BCUT2D eigenvalue weighted by molar-refractivity contribution is -0.125. The van der Waals surface area contributed by atoms with E-state index >= 15 is 0 Å². The molecule has 1 fully saturated rings. The lowest BCUT2D eigenvalue weighted by atomic mass is 10.2. The number of hydrogen-bond donors (Lipinski definition) is 2. The van der Waals surface area contributed by atoms with Crippen molar-refractivity contribution in [1.82, 2.24) is 5.32 Å². The number of halogens is 2. The smallest absolute Gasteiger partial charge is 0.228 e. The summed E-state index contributed by atoms with van der Waals surface area (Å²) in [7, 11) is 0. The van der Waals surface area contributed by atoms with Gasteiger partial charge in [0, 0.05) is 22.3 Å². The van der Waals surface area contributed by atoms with Crippen LogP contribution in [0.3, 0.4) is 0 Å². The highest BCUT2D eigenvalue weighted by Gasteiger charge is 2.47.